The summed E-state index contributed by atoms with van der Waals surface area (Å²) < 4.78 is 6.72. The van der Waals surface area contributed by atoms with E-state index in [1.165, 1.54) is 18.4 Å². The van der Waals surface area contributed by atoms with Crippen LogP contribution in [0.15, 0.2) is 23.0 Å². The first-order chi connectivity index (χ1) is 10.6. The third-order valence-corrected chi connectivity index (χ3v) is 4.01. The number of aromatic nitrogens is 2. The molecule has 0 spiro atoms. The van der Waals surface area contributed by atoms with E-state index in [0.717, 1.165) is 5.52 Å². The Balaban J connectivity index is 2.08. The van der Waals surface area contributed by atoms with Crippen molar-refractivity contribution in [2.75, 3.05) is 6.61 Å². The van der Waals surface area contributed by atoms with E-state index in [1.54, 1.807) is 11.6 Å². The molecule has 1 aliphatic rings. The molecule has 0 saturated heterocycles. The Hall–Kier alpha value is -2.17. The first-order valence-corrected chi connectivity index (χ1v) is 7.83. The Morgan fingerprint density at radius 3 is 2.77 bits per heavy atom. The molecule has 1 aliphatic carbocycles. The summed E-state index contributed by atoms with van der Waals surface area (Å²) in [6.07, 6.45) is 2.36. The van der Waals surface area contributed by atoms with E-state index in [2.05, 4.69) is 11.2 Å². The number of carbonyl (C=O) groups is 1. The molecule has 2 aromatic rings. The lowest BCUT2D eigenvalue weighted by atomic mass is 10.1. The van der Waals surface area contributed by atoms with Gasteiger partial charge in [0.15, 0.2) is 0 Å². The molecule has 0 atom stereocenters. The standard InChI is InChI=1S/C17H20N2O3/c1-3-19-15-9-12(11-5-6-11)7-8-13(15)17(21)14(18-19)10-16(20)22-4-2/h7-9,11H,3-6,10H2,1-2H3. The maximum absolute atomic E-state index is 12.5. The first-order valence-electron chi connectivity index (χ1n) is 7.83. The molecule has 0 amide bonds. The monoisotopic (exact) mass is 300 g/mol. The van der Waals surface area contributed by atoms with Crippen LogP contribution in [0.25, 0.3) is 10.9 Å². The molecule has 0 aliphatic heterocycles. The summed E-state index contributed by atoms with van der Waals surface area (Å²) in [6.45, 7) is 4.68. The van der Waals surface area contributed by atoms with Crippen molar-refractivity contribution in [1.29, 1.82) is 0 Å². The number of carbonyl (C=O) groups excluding carboxylic acids is 1. The number of hydrogen-bond donors (Lipinski definition) is 0. The second kappa shape index (κ2) is 5.91. The molecule has 5 nitrogen and oxygen atoms in total. The van der Waals surface area contributed by atoms with Gasteiger partial charge in [0.2, 0.25) is 5.43 Å². The Morgan fingerprint density at radius 2 is 2.14 bits per heavy atom. The van der Waals surface area contributed by atoms with Crippen LogP contribution in [0.2, 0.25) is 0 Å². The van der Waals surface area contributed by atoms with Crippen LogP contribution in [-0.4, -0.2) is 22.4 Å². The van der Waals surface area contributed by atoms with Gasteiger partial charge in [-0.15, -0.1) is 0 Å². The molecule has 116 valence electrons. The van der Waals surface area contributed by atoms with Crippen LogP contribution in [-0.2, 0) is 22.5 Å². The molecule has 5 heteroatoms. The van der Waals surface area contributed by atoms with Crippen molar-refractivity contribution in [2.45, 2.75) is 45.6 Å². The Labute approximate surface area is 128 Å². The van der Waals surface area contributed by atoms with Crippen LogP contribution in [0, 0.1) is 0 Å². The Kier molecular flexibility index (Phi) is 3.96. The lowest BCUT2D eigenvalue weighted by Crippen LogP contribution is -2.22. The average Bonchev–Trinajstić information content (AvgIpc) is 3.34. The molecular formula is C17H20N2O3. The molecule has 0 unspecified atom stereocenters. The summed E-state index contributed by atoms with van der Waals surface area (Å²) in [5.74, 6) is 0.215. The van der Waals surface area contributed by atoms with Crippen molar-refractivity contribution in [3.8, 4) is 0 Å². The van der Waals surface area contributed by atoms with Gasteiger partial charge < -0.3 is 4.74 Å². The summed E-state index contributed by atoms with van der Waals surface area (Å²) in [7, 11) is 0. The molecule has 22 heavy (non-hydrogen) atoms. The summed E-state index contributed by atoms with van der Waals surface area (Å²) in [5.41, 5.74) is 2.21. The molecule has 0 N–H and O–H groups in total. The molecule has 1 aromatic heterocycles. The fourth-order valence-electron chi connectivity index (χ4n) is 2.73. The van der Waals surface area contributed by atoms with Gasteiger partial charge in [0.25, 0.3) is 0 Å². The van der Waals surface area contributed by atoms with Crippen molar-refractivity contribution in [1.82, 2.24) is 9.78 Å². The second-order valence-electron chi connectivity index (χ2n) is 5.62. The van der Waals surface area contributed by atoms with Crippen LogP contribution in [0.3, 0.4) is 0 Å². The lowest BCUT2D eigenvalue weighted by molar-refractivity contribution is -0.142. The van der Waals surface area contributed by atoms with E-state index in [1.807, 2.05) is 19.1 Å². The number of ether oxygens (including phenoxy) is 1. The van der Waals surface area contributed by atoms with Crippen molar-refractivity contribution in [3.63, 3.8) is 0 Å². The van der Waals surface area contributed by atoms with Crippen LogP contribution in [0.1, 0.15) is 43.9 Å². The maximum atomic E-state index is 12.5. The van der Waals surface area contributed by atoms with E-state index >= 15 is 0 Å². The fourth-order valence-corrected chi connectivity index (χ4v) is 2.73. The number of esters is 1. The van der Waals surface area contributed by atoms with Crippen LogP contribution in [0.4, 0.5) is 0 Å². The number of aryl methyl sites for hydroxylation is 1. The van der Waals surface area contributed by atoms with Crippen molar-refractivity contribution in [2.24, 2.45) is 0 Å². The van der Waals surface area contributed by atoms with Crippen LogP contribution in [0.5, 0.6) is 0 Å². The van der Waals surface area contributed by atoms with Gasteiger partial charge in [0.05, 0.1) is 18.5 Å². The third kappa shape index (κ3) is 2.75. The zero-order chi connectivity index (χ0) is 15.7. The lowest BCUT2D eigenvalue weighted by Gasteiger charge is -2.11. The van der Waals surface area contributed by atoms with E-state index in [9.17, 15) is 9.59 Å². The molecule has 0 bridgehead atoms. The van der Waals surface area contributed by atoms with Gasteiger partial charge in [-0.2, -0.15) is 5.10 Å². The Morgan fingerprint density at radius 1 is 1.36 bits per heavy atom. The molecule has 1 heterocycles. The predicted molar refractivity (Wildman–Crippen MR) is 84.0 cm³/mol. The highest BCUT2D eigenvalue weighted by Crippen LogP contribution is 2.40. The quantitative estimate of drug-likeness (QED) is 0.796. The van der Waals surface area contributed by atoms with Crippen molar-refractivity contribution < 1.29 is 9.53 Å². The van der Waals surface area contributed by atoms with E-state index in [4.69, 9.17) is 4.74 Å². The molecule has 1 saturated carbocycles. The van der Waals surface area contributed by atoms with E-state index in [-0.39, 0.29) is 17.5 Å². The normalized spacial score (nSPS) is 14.3. The van der Waals surface area contributed by atoms with Gasteiger partial charge in [-0.1, -0.05) is 6.07 Å². The molecule has 1 fully saturated rings. The zero-order valence-corrected chi connectivity index (χ0v) is 13.0. The molecule has 0 radical (unpaired) electrons. The SMILES string of the molecule is CCOC(=O)Cc1nn(CC)c2cc(C3CC3)ccc2c1=O. The smallest absolute Gasteiger partial charge is 0.312 e. The summed E-state index contributed by atoms with van der Waals surface area (Å²) in [6, 6.07) is 5.96. The van der Waals surface area contributed by atoms with Crippen molar-refractivity contribution >= 4 is 16.9 Å². The molecule has 3 rings (SSSR count). The predicted octanol–water partition coefficient (Wildman–Crippen LogP) is 2.40. The van der Waals surface area contributed by atoms with Gasteiger partial charge in [0.1, 0.15) is 5.69 Å². The molecular weight excluding hydrogens is 280 g/mol. The minimum Gasteiger partial charge on any atom is -0.466 e. The van der Waals surface area contributed by atoms with Crippen LogP contribution < -0.4 is 5.43 Å². The topological polar surface area (TPSA) is 61.2 Å². The average molecular weight is 300 g/mol. The van der Waals surface area contributed by atoms with Crippen LogP contribution >= 0.6 is 0 Å². The van der Waals surface area contributed by atoms with Gasteiger partial charge in [-0.3, -0.25) is 14.3 Å². The summed E-state index contributed by atoms with van der Waals surface area (Å²) >= 11 is 0. The second-order valence-corrected chi connectivity index (χ2v) is 5.62. The number of fused-ring (bicyclic) bond motifs is 1. The Bertz CT molecular complexity index is 775. The number of rotatable bonds is 5. The van der Waals surface area contributed by atoms with Crippen molar-refractivity contribution in [3.05, 3.63) is 39.7 Å². The zero-order valence-electron chi connectivity index (χ0n) is 13.0. The highest BCUT2D eigenvalue weighted by molar-refractivity contribution is 5.81. The van der Waals surface area contributed by atoms with E-state index in [0.29, 0.717) is 24.5 Å². The van der Waals surface area contributed by atoms with Gasteiger partial charge >= 0.3 is 5.97 Å². The summed E-state index contributed by atoms with van der Waals surface area (Å²) in [4.78, 5) is 24.2. The van der Waals surface area contributed by atoms with E-state index < -0.39 is 5.97 Å². The number of hydrogen-bond acceptors (Lipinski definition) is 4. The largest absolute Gasteiger partial charge is 0.466 e. The third-order valence-electron chi connectivity index (χ3n) is 4.01. The first kappa shape index (κ1) is 14.8. The van der Waals surface area contributed by atoms with Gasteiger partial charge in [-0.05, 0) is 50.3 Å². The molecule has 1 aromatic carbocycles. The van der Waals surface area contributed by atoms with Gasteiger partial charge in [-0.25, -0.2) is 0 Å². The minimum atomic E-state index is -0.413. The fraction of sp³-hybridized carbons (Fsp3) is 0.471. The summed E-state index contributed by atoms with van der Waals surface area (Å²) in [5, 5.41) is 4.99. The number of nitrogens with zero attached hydrogens (tertiary/aromatic N) is 2. The van der Waals surface area contributed by atoms with Gasteiger partial charge in [0, 0.05) is 11.9 Å². The maximum Gasteiger partial charge on any atom is 0.312 e. The minimum absolute atomic E-state index is 0.0764. The number of benzene rings is 1. The highest BCUT2D eigenvalue weighted by Gasteiger charge is 2.24. The highest BCUT2D eigenvalue weighted by atomic mass is 16.5.